The van der Waals surface area contributed by atoms with Crippen LogP contribution in [0.2, 0.25) is 0 Å². The molecule has 0 amide bonds. The van der Waals surface area contributed by atoms with Gasteiger partial charge in [-0.3, -0.25) is 4.79 Å². The molecule has 0 unspecified atom stereocenters. The molecule has 0 saturated carbocycles. The topological polar surface area (TPSA) is 78.1 Å². The standard InChI is InChI=1S/C14H14FN3O2S/c1-3-21-14-17-7-8(13(16)18-14)12(19)11-9(15)5-4-6-10(11)20-2/h4-7H,3H2,1-2H3,(H2,16,17,18). The van der Waals surface area contributed by atoms with E-state index in [1.807, 2.05) is 6.92 Å². The number of nitrogens with two attached hydrogens (primary N) is 1. The number of aromatic nitrogens is 2. The largest absolute Gasteiger partial charge is 0.496 e. The van der Waals surface area contributed by atoms with Crippen LogP contribution in [-0.4, -0.2) is 28.6 Å². The fraction of sp³-hybridized carbons (Fsp3) is 0.214. The second kappa shape index (κ2) is 6.53. The van der Waals surface area contributed by atoms with Gasteiger partial charge in [0.05, 0.1) is 12.7 Å². The lowest BCUT2D eigenvalue weighted by Crippen LogP contribution is -2.11. The van der Waals surface area contributed by atoms with Crippen LogP contribution in [0, 0.1) is 5.82 Å². The molecule has 21 heavy (non-hydrogen) atoms. The highest BCUT2D eigenvalue weighted by Crippen LogP contribution is 2.26. The highest BCUT2D eigenvalue weighted by Gasteiger charge is 2.22. The van der Waals surface area contributed by atoms with Gasteiger partial charge in [-0.15, -0.1) is 0 Å². The lowest BCUT2D eigenvalue weighted by molar-refractivity contribution is 0.103. The summed E-state index contributed by atoms with van der Waals surface area (Å²) >= 11 is 1.40. The molecule has 0 spiro atoms. The van der Waals surface area contributed by atoms with Crippen molar-refractivity contribution < 1.29 is 13.9 Å². The third-order valence-electron chi connectivity index (χ3n) is 2.74. The van der Waals surface area contributed by atoms with Gasteiger partial charge in [0.15, 0.2) is 5.16 Å². The highest BCUT2D eigenvalue weighted by molar-refractivity contribution is 7.99. The van der Waals surface area contributed by atoms with Gasteiger partial charge in [-0.25, -0.2) is 14.4 Å². The molecule has 5 nitrogen and oxygen atoms in total. The summed E-state index contributed by atoms with van der Waals surface area (Å²) in [5.74, 6) is -0.322. The second-order valence-corrected chi connectivity index (χ2v) is 5.26. The first kappa shape index (κ1) is 15.2. The number of halogens is 1. The fourth-order valence-electron chi connectivity index (χ4n) is 1.78. The molecule has 0 bridgehead atoms. The summed E-state index contributed by atoms with van der Waals surface area (Å²) in [6, 6.07) is 4.16. The maximum atomic E-state index is 13.9. The minimum absolute atomic E-state index is 0.0243. The highest BCUT2D eigenvalue weighted by atomic mass is 32.2. The van der Waals surface area contributed by atoms with Gasteiger partial charge in [-0.1, -0.05) is 24.8 Å². The molecule has 0 aliphatic carbocycles. The zero-order valence-electron chi connectivity index (χ0n) is 11.6. The first-order valence-electron chi connectivity index (χ1n) is 6.21. The van der Waals surface area contributed by atoms with Crippen molar-refractivity contribution in [1.29, 1.82) is 0 Å². The molecule has 0 fully saturated rings. The van der Waals surface area contributed by atoms with Crippen LogP contribution in [0.3, 0.4) is 0 Å². The lowest BCUT2D eigenvalue weighted by Gasteiger charge is -2.10. The summed E-state index contributed by atoms with van der Waals surface area (Å²) in [6.07, 6.45) is 1.31. The van der Waals surface area contributed by atoms with Gasteiger partial charge in [0.2, 0.25) is 5.78 Å². The van der Waals surface area contributed by atoms with E-state index < -0.39 is 11.6 Å². The van der Waals surface area contributed by atoms with Crippen molar-refractivity contribution in [2.75, 3.05) is 18.6 Å². The van der Waals surface area contributed by atoms with E-state index in [9.17, 15) is 9.18 Å². The Bertz CT molecular complexity index is 679. The number of rotatable bonds is 5. The number of thioether (sulfide) groups is 1. The molecule has 0 aliphatic heterocycles. The van der Waals surface area contributed by atoms with Crippen LogP contribution in [0.25, 0.3) is 0 Å². The Morgan fingerprint density at radius 2 is 2.24 bits per heavy atom. The summed E-state index contributed by atoms with van der Waals surface area (Å²) in [5.41, 5.74) is 5.66. The monoisotopic (exact) mass is 307 g/mol. The van der Waals surface area contributed by atoms with Crippen molar-refractivity contribution in [3.05, 3.63) is 41.3 Å². The molecule has 0 aliphatic rings. The molecule has 2 N–H and O–H groups in total. The quantitative estimate of drug-likeness (QED) is 0.519. The van der Waals surface area contributed by atoms with Crippen LogP contribution in [-0.2, 0) is 0 Å². The Kier molecular flexibility index (Phi) is 4.74. The molecule has 0 atom stereocenters. The van der Waals surface area contributed by atoms with Gasteiger partial charge >= 0.3 is 0 Å². The second-order valence-electron chi connectivity index (χ2n) is 4.03. The molecule has 0 radical (unpaired) electrons. The summed E-state index contributed by atoms with van der Waals surface area (Å²) in [6.45, 7) is 1.95. The van der Waals surface area contributed by atoms with Crippen LogP contribution >= 0.6 is 11.8 Å². The van der Waals surface area contributed by atoms with Crippen molar-refractivity contribution in [1.82, 2.24) is 9.97 Å². The fourth-order valence-corrected chi connectivity index (χ4v) is 2.33. The molecule has 2 rings (SSSR count). The number of carbonyl (C=O) groups is 1. The zero-order valence-corrected chi connectivity index (χ0v) is 12.4. The molecule has 1 heterocycles. The molecule has 2 aromatic rings. The van der Waals surface area contributed by atoms with Crippen molar-refractivity contribution in [2.45, 2.75) is 12.1 Å². The molecular weight excluding hydrogens is 293 g/mol. The van der Waals surface area contributed by atoms with E-state index in [0.29, 0.717) is 5.16 Å². The smallest absolute Gasteiger partial charge is 0.204 e. The molecule has 1 aromatic heterocycles. The Morgan fingerprint density at radius 1 is 1.48 bits per heavy atom. The van der Waals surface area contributed by atoms with E-state index in [-0.39, 0.29) is 22.7 Å². The van der Waals surface area contributed by atoms with Crippen LogP contribution < -0.4 is 10.5 Å². The van der Waals surface area contributed by atoms with E-state index in [1.165, 1.54) is 43.3 Å². The van der Waals surface area contributed by atoms with Gasteiger partial charge in [0.1, 0.15) is 22.9 Å². The first-order valence-corrected chi connectivity index (χ1v) is 7.19. The predicted octanol–water partition coefficient (Wildman–Crippen LogP) is 2.55. The van der Waals surface area contributed by atoms with E-state index in [2.05, 4.69) is 9.97 Å². The third-order valence-corrected chi connectivity index (χ3v) is 3.48. The molecule has 1 aromatic carbocycles. The number of nitrogen functional groups attached to an aromatic ring is 1. The zero-order chi connectivity index (χ0) is 15.4. The van der Waals surface area contributed by atoms with E-state index >= 15 is 0 Å². The van der Waals surface area contributed by atoms with Gasteiger partial charge in [0.25, 0.3) is 0 Å². The van der Waals surface area contributed by atoms with Crippen LogP contribution in [0.15, 0.2) is 29.6 Å². The predicted molar refractivity (Wildman–Crippen MR) is 79.2 cm³/mol. The van der Waals surface area contributed by atoms with E-state index in [0.717, 1.165) is 5.75 Å². The Hall–Kier alpha value is -2.15. The number of ketones is 1. The van der Waals surface area contributed by atoms with Gasteiger partial charge in [-0.05, 0) is 17.9 Å². The normalized spacial score (nSPS) is 10.4. The third kappa shape index (κ3) is 3.13. The number of hydrogen-bond acceptors (Lipinski definition) is 6. The minimum atomic E-state index is -0.675. The minimum Gasteiger partial charge on any atom is -0.496 e. The van der Waals surface area contributed by atoms with Crippen molar-refractivity contribution in [3.8, 4) is 5.75 Å². The Morgan fingerprint density at radius 3 is 2.86 bits per heavy atom. The van der Waals surface area contributed by atoms with Crippen molar-refractivity contribution in [3.63, 3.8) is 0 Å². The summed E-state index contributed by atoms with van der Waals surface area (Å²) in [7, 11) is 1.37. The maximum Gasteiger partial charge on any atom is 0.204 e. The average Bonchev–Trinajstić information content (AvgIpc) is 2.46. The average molecular weight is 307 g/mol. The lowest BCUT2D eigenvalue weighted by atomic mass is 10.0. The SMILES string of the molecule is CCSc1ncc(C(=O)c2c(F)cccc2OC)c(N)n1. The van der Waals surface area contributed by atoms with Crippen LogP contribution in [0.5, 0.6) is 5.75 Å². The number of ether oxygens (including phenoxy) is 1. The van der Waals surface area contributed by atoms with Crippen LogP contribution in [0.1, 0.15) is 22.8 Å². The molecule has 7 heteroatoms. The van der Waals surface area contributed by atoms with Gasteiger partial charge in [0, 0.05) is 6.20 Å². The maximum absolute atomic E-state index is 13.9. The van der Waals surface area contributed by atoms with Crippen molar-refractivity contribution >= 4 is 23.4 Å². The first-order chi connectivity index (χ1) is 10.1. The number of carbonyl (C=O) groups excluding carboxylic acids is 1. The van der Waals surface area contributed by atoms with Crippen molar-refractivity contribution in [2.24, 2.45) is 0 Å². The molecular formula is C14H14FN3O2S. The Labute approximate surface area is 125 Å². The summed E-state index contributed by atoms with van der Waals surface area (Å²) < 4.78 is 18.9. The van der Waals surface area contributed by atoms with Gasteiger partial charge < -0.3 is 10.5 Å². The molecule has 110 valence electrons. The molecule has 0 saturated heterocycles. The van der Waals surface area contributed by atoms with E-state index in [1.54, 1.807) is 0 Å². The Balaban J connectivity index is 2.46. The number of methoxy groups -OCH3 is 1. The van der Waals surface area contributed by atoms with Crippen LogP contribution in [0.4, 0.5) is 10.2 Å². The number of anilines is 1. The number of nitrogens with zero attached hydrogens (tertiary/aromatic N) is 2. The number of hydrogen-bond donors (Lipinski definition) is 1. The van der Waals surface area contributed by atoms with Gasteiger partial charge in [-0.2, -0.15) is 0 Å². The van der Waals surface area contributed by atoms with E-state index in [4.69, 9.17) is 10.5 Å². The summed E-state index contributed by atoms with van der Waals surface area (Å²) in [4.78, 5) is 20.5. The number of benzene rings is 1. The summed E-state index contributed by atoms with van der Waals surface area (Å²) in [5, 5.41) is 0.479.